The largest absolute Gasteiger partial charge is 0.330 e. The van der Waals surface area contributed by atoms with Gasteiger partial charge in [-0.2, -0.15) is 0 Å². The number of hydrogen-bond acceptors (Lipinski definition) is 1. The molecule has 2 aliphatic rings. The quantitative estimate of drug-likeness (QED) is 0.724. The minimum absolute atomic E-state index is 0.0563. The Kier molecular flexibility index (Phi) is 2.26. The van der Waals surface area contributed by atoms with E-state index >= 15 is 0 Å². The maximum absolute atomic E-state index is 14.6. The van der Waals surface area contributed by atoms with E-state index < -0.39 is 5.54 Å². The van der Waals surface area contributed by atoms with Gasteiger partial charge in [-0.1, -0.05) is 15.9 Å². The minimum atomic E-state index is -0.476. The number of benzene rings is 1. The van der Waals surface area contributed by atoms with Crippen molar-refractivity contribution in [1.29, 1.82) is 0 Å². The zero-order chi connectivity index (χ0) is 14.1. The Morgan fingerprint density at radius 1 is 1.35 bits per heavy atom. The summed E-state index contributed by atoms with van der Waals surface area (Å²) in [4.78, 5) is 14.3. The van der Waals surface area contributed by atoms with Crippen LogP contribution >= 0.6 is 15.9 Å². The molecule has 4 rings (SSSR count). The predicted molar refractivity (Wildman–Crippen MR) is 76.4 cm³/mol. The maximum Gasteiger partial charge on any atom is 0.271 e. The second kappa shape index (κ2) is 3.73. The summed E-state index contributed by atoms with van der Waals surface area (Å²) in [6.45, 7) is 0. The molecule has 0 unspecified atom stereocenters. The maximum atomic E-state index is 14.6. The molecule has 0 bridgehead atoms. The van der Waals surface area contributed by atoms with Gasteiger partial charge in [0, 0.05) is 23.3 Å². The molecule has 2 heterocycles. The fraction of sp³-hybridized carbons (Fsp3) is 0.267. The van der Waals surface area contributed by atoms with E-state index in [4.69, 9.17) is 0 Å². The van der Waals surface area contributed by atoms with Crippen molar-refractivity contribution in [2.24, 2.45) is 0 Å². The van der Waals surface area contributed by atoms with Crippen LogP contribution in [0.4, 0.5) is 4.39 Å². The summed E-state index contributed by atoms with van der Waals surface area (Å²) in [7, 11) is 1.77. The Labute approximate surface area is 124 Å². The highest BCUT2D eigenvalue weighted by molar-refractivity contribution is 9.10. The van der Waals surface area contributed by atoms with Crippen LogP contribution in [0.2, 0.25) is 0 Å². The van der Waals surface area contributed by atoms with Gasteiger partial charge < -0.3 is 9.47 Å². The summed E-state index contributed by atoms with van der Waals surface area (Å²) >= 11 is 3.34. The number of nitrogens with zero attached hydrogens (tertiary/aromatic N) is 2. The summed E-state index contributed by atoms with van der Waals surface area (Å²) in [5, 5.41) is 0. The normalized spacial score (nSPS) is 18.8. The molecule has 1 fully saturated rings. The number of carbonyl (C=O) groups excluding carboxylic acids is 1. The van der Waals surface area contributed by atoms with Crippen LogP contribution in [-0.2, 0) is 5.54 Å². The topological polar surface area (TPSA) is 25.2 Å². The third-order valence-corrected chi connectivity index (χ3v) is 4.86. The fourth-order valence-electron chi connectivity index (χ4n) is 3.21. The molecule has 1 aliphatic heterocycles. The molecule has 1 amide bonds. The summed E-state index contributed by atoms with van der Waals surface area (Å²) in [5.41, 5.74) is 1.49. The van der Waals surface area contributed by atoms with Gasteiger partial charge in [0.15, 0.2) is 0 Å². The number of halogens is 2. The van der Waals surface area contributed by atoms with Crippen LogP contribution in [0.1, 0.15) is 28.9 Å². The van der Waals surface area contributed by atoms with Gasteiger partial charge in [0.25, 0.3) is 5.91 Å². The zero-order valence-electron chi connectivity index (χ0n) is 10.9. The second-order valence-corrected chi connectivity index (χ2v) is 6.36. The second-order valence-electron chi connectivity index (χ2n) is 5.44. The van der Waals surface area contributed by atoms with E-state index in [1.165, 1.54) is 6.07 Å². The first-order valence-electron chi connectivity index (χ1n) is 6.50. The number of carbonyl (C=O) groups is 1. The van der Waals surface area contributed by atoms with Crippen molar-refractivity contribution in [1.82, 2.24) is 9.47 Å². The van der Waals surface area contributed by atoms with Gasteiger partial charge in [-0.05, 0) is 37.1 Å². The number of hydrogen-bond donors (Lipinski definition) is 0. The molecule has 0 N–H and O–H groups in total. The molecule has 0 radical (unpaired) electrons. The molecule has 1 spiro atoms. The Bertz CT molecular complexity index is 748. The Morgan fingerprint density at radius 3 is 2.80 bits per heavy atom. The summed E-state index contributed by atoms with van der Waals surface area (Å²) in [6.07, 6.45) is 3.43. The minimum Gasteiger partial charge on any atom is -0.330 e. The van der Waals surface area contributed by atoms with Crippen molar-refractivity contribution in [3.8, 4) is 5.69 Å². The smallest absolute Gasteiger partial charge is 0.271 e. The average Bonchev–Trinajstić information content (AvgIpc) is 3.05. The van der Waals surface area contributed by atoms with Gasteiger partial charge in [-0.25, -0.2) is 4.39 Å². The van der Waals surface area contributed by atoms with Crippen molar-refractivity contribution >= 4 is 21.8 Å². The molecule has 3 nitrogen and oxygen atoms in total. The molecular formula is C15H12BrFN2O. The van der Waals surface area contributed by atoms with Crippen LogP contribution in [0.15, 0.2) is 34.9 Å². The predicted octanol–water partition coefficient (Wildman–Crippen LogP) is 3.45. The monoisotopic (exact) mass is 334 g/mol. The SMILES string of the molecule is CN1C(=O)c2cccn2-c2cc(Br)cc(F)c2C12CC2. The van der Waals surface area contributed by atoms with Gasteiger partial charge in [-0.3, -0.25) is 4.79 Å². The van der Waals surface area contributed by atoms with Crippen molar-refractivity contribution in [2.45, 2.75) is 18.4 Å². The first-order chi connectivity index (χ1) is 9.54. The molecule has 5 heteroatoms. The van der Waals surface area contributed by atoms with Crippen molar-refractivity contribution in [2.75, 3.05) is 7.05 Å². The highest BCUT2D eigenvalue weighted by Crippen LogP contribution is 2.55. The Morgan fingerprint density at radius 2 is 2.10 bits per heavy atom. The highest BCUT2D eigenvalue weighted by Gasteiger charge is 2.54. The van der Waals surface area contributed by atoms with Crippen LogP contribution in [0, 0.1) is 5.82 Å². The molecule has 20 heavy (non-hydrogen) atoms. The lowest BCUT2D eigenvalue weighted by Gasteiger charge is -2.27. The zero-order valence-corrected chi connectivity index (χ0v) is 12.4. The van der Waals surface area contributed by atoms with Crippen molar-refractivity contribution in [3.63, 3.8) is 0 Å². The molecule has 0 atom stereocenters. The van der Waals surface area contributed by atoms with E-state index in [0.717, 1.165) is 18.5 Å². The third kappa shape index (κ3) is 1.36. The lowest BCUT2D eigenvalue weighted by atomic mass is 10.0. The van der Waals surface area contributed by atoms with E-state index in [2.05, 4.69) is 15.9 Å². The van der Waals surface area contributed by atoms with Crippen LogP contribution in [0.25, 0.3) is 5.69 Å². The molecule has 102 valence electrons. The standard InChI is InChI=1S/C15H12BrFN2O/c1-18-14(20)11-3-2-6-19(11)12-8-9(16)7-10(17)13(12)15(18)4-5-15/h2-3,6-8H,4-5H2,1H3. The van der Waals surface area contributed by atoms with Crippen molar-refractivity contribution in [3.05, 3.63) is 52.0 Å². The first kappa shape index (κ1) is 12.1. The van der Waals surface area contributed by atoms with Gasteiger partial charge in [0.05, 0.1) is 11.2 Å². The Hall–Kier alpha value is -1.62. The lowest BCUT2D eigenvalue weighted by molar-refractivity contribution is 0.0702. The molecule has 1 aliphatic carbocycles. The lowest BCUT2D eigenvalue weighted by Crippen LogP contribution is -2.36. The Balaban J connectivity index is 2.13. The molecule has 2 aromatic rings. The van der Waals surface area contributed by atoms with Gasteiger partial charge >= 0.3 is 0 Å². The number of fused-ring (bicyclic) bond motifs is 4. The van der Waals surface area contributed by atoms with Crippen molar-refractivity contribution < 1.29 is 9.18 Å². The van der Waals surface area contributed by atoms with E-state index in [-0.39, 0.29) is 11.7 Å². The molecule has 1 aromatic heterocycles. The number of rotatable bonds is 0. The number of aromatic nitrogens is 1. The van der Waals surface area contributed by atoms with Gasteiger partial charge in [0.2, 0.25) is 0 Å². The van der Waals surface area contributed by atoms with Gasteiger partial charge in [-0.15, -0.1) is 0 Å². The molecule has 1 aromatic carbocycles. The highest BCUT2D eigenvalue weighted by atomic mass is 79.9. The average molecular weight is 335 g/mol. The molecule has 0 saturated heterocycles. The van der Waals surface area contributed by atoms with Crippen LogP contribution in [-0.4, -0.2) is 22.4 Å². The van der Waals surface area contributed by atoms with E-state index in [9.17, 15) is 9.18 Å². The number of amides is 1. The summed E-state index contributed by atoms with van der Waals surface area (Å²) in [6, 6.07) is 6.96. The fourth-order valence-corrected chi connectivity index (χ4v) is 3.63. The van der Waals surface area contributed by atoms with Crippen LogP contribution < -0.4 is 0 Å². The van der Waals surface area contributed by atoms with Gasteiger partial charge in [0.1, 0.15) is 11.5 Å². The van der Waals surface area contributed by atoms with Crippen LogP contribution in [0.3, 0.4) is 0 Å². The first-order valence-corrected chi connectivity index (χ1v) is 7.29. The van der Waals surface area contributed by atoms with Crippen LogP contribution in [0.5, 0.6) is 0 Å². The van der Waals surface area contributed by atoms with E-state index in [0.29, 0.717) is 15.7 Å². The summed E-state index contributed by atoms with van der Waals surface area (Å²) < 4.78 is 17.0. The van der Waals surface area contributed by atoms with E-state index in [1.807, 2.05) is 18.3 Å². The summed E-state index contributed by atoms with van der Waals surface area (Å²) in [5.74, 6) is -0.313. The molecule has 1 saturated carbocycles. The van der Waals surface area contributed by atoms with E-state index in [1.54, 1.807) is 22.6 Å². The molecular weight excluding hydrogens is 323 g/mol. The third-order valence-electron chi connectivity index (χ3n) is 4.40.